The van der Waals surface area contributed by atoms with Crippen LogP contribution in [0.3, 0.4) is 0 Å². The number of halogens is 3. The summed E-state index contributed by atoms with van der Waals surface area (Å²) < 4.78 is 29.0. The highest BCUT2D eigenvalue weighted by molar-refractivity contribution is 7.59. The summed E-state index contributed by atoms with van der Waals surface area (Å²) in [5.74, 6) is 0. The Balaban J connectivity index is 0.000000453. The standard InChI is InChI=1S/C12H10.CHF3.H2S/c1-3-7-11(8-4-1)12-9-5-2-6-10-12;2-1(3)4;/h1-10H;1H;1H2. The van der Waals surface area contributed by atoms with Gasteiger partial charge in [0.25, 0.3) is 0 Å². The molecule has 4 heteroatoms. The lowest BCUT2D eigenvalue weighted by Gasteiger charge is -1.98. The molecular formula is C13H13F3S. The lowest BCUT2D eigenvalue weighted by molar-refractivity contribution is 0.00819. The van der Waals surface area contributed by atoms with Crippen molar-refractivity contribution in [3.05, 3.63) is 60.7 Å². The van der Waals surface area contributed by atoms with E-state index in [1.807, 2.05) is 12.1 Å². The summed E-state index contributed by atoms with van der Waals surface area (Å²) in [6.45, 7) is -3.67. The van der Waals surface area contributed by atoms with Crippen molar-refractivity contribution in [1.29, 1.82) is 0 Å². The van der Waals surface area contributed by atoms with Gasteiger partial charge in [-0.1, -0.05) is 60.7 Å². The highest BCUT2D eigenvalue weighted by Gasteiger charge is 1.91. The molecule has 0 aromatic heterocycles. The number of benzene rings is 2. The van der Waals surface area contributed by atoms with Crippen LogP contribution in [0.1, 0.15) is 0 Å². The fourth-order valence-electron chi connectivity index (χ4n) is 1.26. The summed E-state index contributed by atoms with van der Waals surface area (Å²) in [4.78, 5) is 0. The van der Waals surface area contributed by atoms with Crippen LogP contribution in [0.4, 0.5) is 13.2 Å². The monoisotopic (exact) mass is 258 g/mol. The van der Waals surface area contributed by atoms with Gasteiger partial charge in [0.2, 0.25) is 0 Å². The Hall–Kier alpha value is -1.42. The Morgan fingerprint density at radius 2 is 0.824 bits per heavy atom. The van der Waals surface area contributed by atoms with E-state index in [0.29, 0.717) is 0 Å². The van der Waals surface area contributed by atoms with Gasteiger partial charge in [-0.25, -0.2) is 0 Å². The van der Waals surface area contributed by atoms with Crippen molar-refractivity contribution in [2.75, 3.05) is 0 Å². The van der Waals surface area contributed by atoms with E-state index < -0.39 is 6.68 Å². The fraction of sp³-hybridized carbons (Fsp3) is 0.0769. The predicted octanol–water partition coefficient (Wildman–Crippen LogP) is 4.64. The molecule has 0 bridgehead atoms. The van der Waals surface area contributed by atoms with Crippen LogP contribution in [0.5, 0.6) is 0 Å². The lowest BCUT2D eigenvalue weighted by atomic mass is 10.1. The Morgan fingerprint density at radius 3 is 1.06 bits per heavy atom. The molecule has 0 aliphatic carbocycles. The van der Waals surface area contributed by atoms with Crippen molar-refractivity contribution in [3.8, 4) is 11.1 Å². The molecule has 2 rings (SSSR count). The first-order valence-corrected chi connectivity index (χ1v) is 4.73. The molecule has 0 fully saturated rings. The summed E-state index contributed by atoms with van der Waals surface area (Å²) in [7, 11) is 0. The zero-order chi connectivity index (χ0) is 11.8. The van der Waals surface area contributed by atoms with Crippen LogP contribution >= 0.6 is 13.5 Å². The Kier molecular flexibility index (Phi) is 7.97. The lowest BCUT2D eigenvalue weighted by Crippen LogP contribution is -1.73. The molecule has 0 nitrogen and oxygen atoms in total. The molecule has 0 N–H and O–H groups in total. The second-order valence-electron chi connectivity index (χ2n) is 2.98. The third-order valence-electron chi connectivity index (χ3n) is 1.88. The molecule has 0 amide bonds. The van der Waals surface area contributed by atoms with E-state index in [2.05, 4.69) is 48.5 Å². The first-order valence-electron chi connectivity index (χ1n) is 4.73. The number of alkyl halides is 3. The van der Waals surface area contributed by atoms with Gasteiger partial charge in [-0.15, -0.1) is 0 Å². The van der Waals surface area contributed by atoms with Gasteiger partial charge in [0.15, 0.2) is 0 Å². The highest BCUT2D eigenvalue weighted by atomic mass is 32.1. The van der Waals surface area contributed by atoms with Crippen LogP contribution in [-0.4, -0.2) is 6.68 Å². The maximum absolute atomic E-state index is 9.67. The Bertz CT molecular complexity index is 350. The summed E-state index contributed by atoms with van der Waals surface area (Å²) in [5.41, 5.74) is 2.55. The second-order valence-corrected chi connectivity index (χ2v) is 2.98. The molecular weight excluding hydrogens is 245 g/mol. The predicted molar refractivity (Wildman–Crippen MR) is 69.4 cm³/mol. The first-order chi connectivity index (χ1) is 7.70. The average Bonchev–Trinajstić information content (AvgIpc) is 2.31. The maximum atomic E-state index is 9.67. The second kappa shape index (κ2) is 8.70. The molecule has 0 atom stereocenters. The molecule has 2 aromatic carbocycles. The van der Waals surface area contributed by atoms with E-state index in [1.165, 1.54) is 11.1 Å². The number of hydrogen-bond acceptors (Lipinski definition) is 0. The van der Waals surface area contributed by atoms with Crippen LogP contribution in [0.2, 0.25) is 0 Å². The smallest absolute Gasteiger partial charge is 0.197 e. The van der Waals surface area contributed by atoms with Gasteiger partial charge in [-0.3, -0.25) is 0 Å². The van der Waals surface area contributed by atoms with Gasteiger partial charge in [-0.2, -0.15) is 26.7 Å². The Labute approximate surface area is 106 Å². The molecule has 0 heterocycles. The first kappa shape index (κ1) is 15.6. The van der Waals surface area contributed by atoms with Crippen molar-refractivity contribution < 1.29 is 13.2 Å². The molecule has 0 aliphatic heterocycles. The van der Waals surface area contributed by atoms with E-state index in [4.69, 9.17) is 0 Å². The summed E-state index contributed by atoms with van der Waals surface area (Å²) >= 11 is 0. The van der Waals surface area contributed by atoms with E-state index in [9.17, 15) is 13.2 Å². The van der Waals surface area contributed by atoms with Crippen molar-refractivity contribution >= 4 is 13.5 Å². The minimum atomic E-state index is -3.67. The van der Waals surface area contributed by atoms with Gasteiger partial charge in [0.1, 0.15) is 0 Å². The molecule has 0 spiro atoms. The minimum Gasteiger partial charge on any atom is -0.197 e. The molecule has 0 aliphatic rings. The van der Waals surface area contributed by atoms with Gasteiger partial charge >= 0.3 is 6.68 Å². The van der Waals surface area contributed by atoms with Crippen LogP contribution in [0.25, 0.3) is 11.1 Å². The summed E-state index contributed by atoms with van der Waals surface area (Å²) in [6, 6.07) is 20.8. The SMILES string of the molecule is FC(F)F.S.c1ccc(-c2ccccc2)cc1. The van der Waals surface area contributed by atoms with E-state index in [0.717, 1.165) is 0 Å². The van der Waals surface area contributed by atoms with Crippen molar-refractivity contribution in [1.82, 2.24) is 0 Å². The fourth-order valence-corrected chi connectivity index (χ4v) is 1.26. The van der Waals surface area contributed by atoms with Crippen molar-refractivity contribution in [3.63, 3.8) is 0 Å². The van der Waals surface area contributed by atoms with Gasteiger partial charge < -0.3 is 0 Å². The van der Waals surface area contributed by atoms with Crippen LogP contribution in [-0.2, 0) is 0 Å². The average molecular weight is 258 g/mol. The van der Waals surface area contributed by atoms with Gasteiger partial charge in [0.05, 0.1) is 0 Å². The zero-order valence-electron chi connectivity index (χ0n) is 8.98. The normalized spacial score (nSPS) is 8.94. The third-order valence-corrected chi connectivity index (χ3v) is 1.88. The molecule has 0 unspecified atom stereocenters. The zero-order valence-corrected chi connectivity index (χ0v) is 9.98. The molecule has 0 radical (unpaired) electrons. The summed E-state index contributed by atoms with van der Waals surface area (Å²) in [5, 5.41) is 0. The van der Waals surface area contributed by atoms with Crippen molar-refractivity contribution in [2.45, 2.75) is 6.68 Å². The minimum absolute atomic E-state index is 0. The van der Waals surface area contributed by atoms with Crippen molar-refractivity contribution in [2.24, 2.45) is 0 Å². The van der Waals surface area contributed by atoms with E-state index in [-0.39, 0.29) is 13.5 Å². The van der Waals surface area contributed by atoms with E-state index >= 15 is 0 Å². The van der Waals surface area contributed by atoms with Gasteiger partial charge in [-0.05, 0) is 11.1 Å². The molecule has 92 valence electrons. The number of rotatable bonds is 1. The highest BCUT2D eigenvalue weighted by Crippen LogP contribution is 2.17. The number of hydrogen-bond donors (Lipinski definition) is 0. The molecule has 17 heavy (non-hydrogen) atoms. The molecule has 0 saturated heterocycles. The topological polar surface area (TPSA) is 0 Å². The third kappa shape index (κ3) is 6.68. The Morgan fingerprint density at radius 1 is 0.588 bits per heavy atom. The van der Waals surface area contributed by atoms with E-state index in [1.54, 1.807) is 0 Å². The maximum Gasteiger partial charge on any atom is 0.379 e. The molecule has 2 aromatic rings. The van der Waals surface area contributed by atoms with Crippen LogP contribution < -0.4 is 0 Å². The largest absolute Gasteiger partial charge is 0.379 e. The quantitative estimate of drug-likeness (QED) is 0.698. The van der Waals surface area contributed by atoms with Gasteiger partial charge in [0, 0.05) is 0 Å². The molecule has 0 saturated carbocycles. The van der Waals surface area contributed by atoms with Crippen LogP contribution in [0, 0.1) is 0 Å². The van der Waals surface area contributed by atoms with Crippen LogP contribution in [0.15, 0.2) is 60.7 Å². The summed E-state index contributed by atoms with van der Waals surface area (Å²) in [6.07, 6.45) is 0.